The van der Waals surface area contributed by atoms with E-state index in [1.54, 1.807) is 23.3 Å². The molecule has 0 saturated heterocycles. The van der Waals surface area contributed by atoms with Crippen LogP contribution in [0.3, 0.4) is 0 Å². The number of aromatic amines is 1. The van der Waals surface area contributed by atoms with E-state index in [4.69, 9.17) is 12.2 Å². The van der Waals surface area contributed by atoms with E-state index in [-0.39, 0.29) is 0 Å². The van der Waals surface area contributed by atoms with Crippen molar-refractivity contribution >= 4 is 18.4 Å². The Balaban J connectivity index is 2.02. The van der Waals surface area contributed by atoms with Gasteiger partial charge in [-0.15, -0.1) is 0 Å². The van der Waals surface area contributed by atoms with Gasteiger partial charge in [-0.3, -0.25) is 4.98 Å². The maximum atomic E-state index is 5.23. The van der Waals surface area contributed by atoms with Gasteiger partial charge in [0, 0.05) is 18.0 Å². The first-order valence-electron chi connectivity index (χ1n) is 6.43. The van der Waals surface area contributed by atoms with E-state index in [0.717, 1.165) is 16.7 Å². The largest absolute Gasteiger partial charge is 0.264 e. The van der Waals surface area contributed by atoms with E-state index in [9.17, 15) is 0 Å². The number of rotatable bonds is 3. The molecular weight excluding hydrogens is 282 g/mol. The van der Waals surface area contributed by atoms with Crippen LogP contribution in [0.2, 0.25) is 0 Å². The first kappa shape index (κ1) is 13.4. The Kier molecular flexibility index (Phi) is 3.70. The summed E-state index contributed by atoms with van der Waals surface area (Å²) in [6, 6.07) is 11.8. The van der Waals surface area contributed by atoms with Crippen molar-refractivity contribution in [2.75, 3.05) is 0 Å². The summed E-state index contributed by atoms with van der Waals surface area (Å²) in [5.41, 5.74) is 3.05. The molecule has 6 heteroatoms. The minimum absolute atomic E-state index is 0.443. The van der Waals surface area contributed by atoms with Crippen molar-refractivity contribution in [1.82, 2.24) is 19.9 Å². The van der Waals surface area contributed by atoms with Crippen molar-refractivity contribution in [1.29, 1.82) is 0 Å². The molecule has 0 saturated carbocycles. The zero-order valence-electron chi connectivity index (χ0n) is 11.4. The van der Waals surface area contributed by atoms with E-state index in [2.05, 4.69) is 20.3 Å². The third kappa shape index (κ3) is 2.80. The molecule has 2 aromatic heterocycles. The van der Waals surface area contributed by atoms with Crippen LogP contribution < -0.4 is 0 Å². The molecule has 0 spiro atoms. The fourth-order valence-corrected chi connectivity index (χ4v) is 2.11. The maximum absolute atomic E-state index is 5.23. The molecule has 3 aromatic rings. The topological polar surface area (TPSA) is 58.9 Å². The van der Waals surface area contributed by atoms with E-state index in [1.807, 2.05) is 43.3 Å². The highest BCUT2D eigenvalue weighted by molar-refractivity contribution is 7.71. The number of nitrogens with zero attached hydrogens (tertiary/aromatic N) is 4. The fourth-order valence-electron chi connectivity index (χ4n) is 1.93. The average molecular weight is 295 g/mol. The standard InChI is InChI=1S/C15H13N5S/c1-11-5-2-3-6-12(11)10-17-20-14(18-19-15(20)21)13-7-4-8-16-9-13/h2-10H,1H3,(H,19,21). The lowest BCUT2D eigenvalue weighted by atomic mass is 10.1. The number of pyridine rings is 1. The highest BCUT2D eigenvalue weighted by Crippen LogP contribution is 2.15. The minimum atomic E-state index is 0.443. The summed E-state index contributed by atoms with van der Waals surface area (Å²) in [6.45, 7) is 2.04. The van der Waals surface area contributed by atoms with E-state index in [1.165, 1.54) is 0 Å². The molecular formula is C15H13N5S. The molecule has 0 fully saturated rings. The molecule has 21 heavy (non-hydrogen) atoms. The molecule has 0 aliphatic carbocycles. The quantitative estimate of drug-likeness (QED) is 0.596. The highest BCUT2D eigenvalue weighted by atomic mass is 32.1. The Morgan fingerprint density at radius 3 is 2.86 bits per heavy atom. The monoisotopic (exact) mass is 295 g/mol. The first-order chi connectivity index (χ1) is 10.3. The number of benzene rings is 1. The van der Waals surface area contributed by atoms with Crippen LogP contribution in [0.1, 0.15) is 11.1 Å². The summed E-state index contributed by atoms with van der Waals surface area (Å²) < 4.78 is 2.04. The predicted molar refractivity (Wildman–Crippen MR) is 84.8 cm³/mol. The van der Waals surface area contributed by atoms with E-state index in [0.29, 0.717) is 10.6 Å². The summed E-state index contributed by atoms with van der Waals surface area (Å²) in [6.07, 6.45) is 5.22. The van der Waals surface area contributed by atoms with Gasteiger partial charge in [-0.1, -0.05) is 24.3 Å². The Hall–Kier alpha value is -2.60. The van der Waals surface area contributed by atoms with Gasteiger partial charge >= 0.3 is 0 Å². The second-order valence-electron chi connectivity index (χ2n) is 4.51. The van der Waals surface area contributed by atoms with Gasteiger partial charge in [-0.05, 0) is 42.4 Å². The molecule has 2 heterocycles. The van der Waals surface area contributed by atoms with Crippen LogP contribution in [0.15, 0.2) is 53.9 Å². The van der Waals surface area contributed by atoms with Crippen molar-refractivity contribution in [3.8, 4) is 11.4 Å². The molecule has 0 bridgehead atoms. The zero-order chi connectivity index (χ0) is 14.7. The van der Waals surface area contributed by atoms with E-state index < -0.39 is 0 Å². The third-order valence-electron chi connectivity index (χ3n) is 3.07. The van der Waals surface area contributed by atoms with Crippen molar-refractivity contribution in [3.05, 3.63) is 64.7 Å². The number of hydrogen-bond donors (Lipinski definition) is 1. The Bertz CT molecular complexity index is 833. The van der Waals surface area contributed by atoms with Gasteiger partial charge in [-0.2, -0.15) is 14.9 Å². The van der Waals surface area contributed by atoms with Crippen LogP contribution >= 0.6 is 12.2 Å². The fraction of sp³-hybridized carbons (Fsp3) is 0.0667. The highest BCUT2D eigenvalue weighted by Gasteiger charge is 2.07. The molecule has 5 nitrogen and oxygen atoms in total. The molecule has 0 radical (unpaired) electrons. The molecule has 0 aliphatic rings. The summed E-state index contributed by atoms with van der Waals surface area (Å²) in [5, 5.41) is 11.4. The minimum Gasteiger partial charge on any atom is -0.264 e. The Morgan fingerprint density at radius 2 is 2.10 bits per heavy atom. The van der Waals surface area contributed by atoms with Crippen LogP contribution in [0, 0.1) is 11.7 Å². The number of hydrogen-bond acceptors (Lipinski definition) is 4. The normalized spacial score (nSPS) is 11.1. The van der Waals surface area contributed by atoms with Gasteiger partial charge in [0.2, 0.25) is 4.77 Å². The first-order valence-corrected chi connectivity index (χ1v) is 6.84. The number of aromatic nitrogens is 4. The predicted octanol–water partition coefficient (Wildman–Crippen LogP) is 3.19. The SMILES string of the molecule is Cc1ccccc1C=Nn1c(-c2cccnc2)n[nH]c1=S. The molecule has 1 aromatic carbocycles. The second-order valence-corrected chi connectivity index (χ2v) is 4.89. The van der Waals surface area contributed by atoms with Gasteiger partial charge in [0.05, 0.1) is 6.21 Å². The molecule has 3 rings (SSSR count). The number of H-pyrrole nitrogens is 1. The van der Waals surface area contributed by atoms with Gasteiger partial charge in [0.25, 0.3) is 0 Å². The Labute approximate surface area is 127 Å². The molecule has 104 valence electrons. The summed E-state index contributed by atoms with van der Waals surface area (Å²) >= 11 is 5.23. The van der Waals surface area contributed by atoms with Crippen LogP contribution in [-0.4, -0.2) is 26.1 Å². The summed E-state index contributed by atoms with van der Waals surface area (Å²) in [7, 11) is 0. The van der Waals surface area contributed by atoms with Gasteiger partial charge < -0.3 is 0 Å². The number of nitrogens with one attached hydrogen (secondary N) is 1. The average Bonchev–Trinajstić information content (AvgIpc) is 2.88. The van der Waals surface area contributed by atoms with Gasteiger partial charge in [-0.25, -0.2) is 5.10 Å². The molecule has 1 N–H and O–H groups in total. The van der Waals surface area contributed by atoms with Crippen LogP contribution in [0.5, 0.6) is 0 Å². The van der Waals surface area contributed by atoms with Crippen molar-refractivity contribution in [2.24, 2.45) is 5.10 Å². The van der Waals surface area contributed by atoms with Crippen LogP contribution in [0.4, 0.5) is 0 Å². The van der Waals surface area contributed by atoms with Crippen molar-refractivity contribution < 1.29 is 0 Å². The lowest BCUT2D eigenvalue weighted by molar-refractivity contribution is 0.870. The summed E-state index contributed by atoms with van der Waals surface area (Å²) in [5.74, 6) is 0.637. The maximum Gasteiger partial charge on any atom is 0.216 e. The molecule has 0 amide bonds. The van der Waals surface area contributed by atoms with Crippen LogP contribution in [0.25, 0.3) is 11.4 Å². The smallest absolute Gasteiger partial charge is 0.216 e. The van der Waals surface area contributed by atoms with Crippen molar-refractivity contribution in [2.45, 2.75) is 6.92 Å². The van der Waals surface area contributed by atoms with Gasteiger partial charge in [0.1, 0.15) is 0 Å². The van der Waals surface area contributed by atoms with Gasteiger partial charge in [0.15, 0.2) is 5.82 Å². The lowest BCUT2D eigenvalue weighted by Crippen LogP contribution is -1.96. The zero-order valence-corrected chi connectivity index (χ0v) is 12.2. The lowest BCUT2D eigenvalue weighted by Gasteiger charge is -2.01. The molecule has 0 aliphatic heterocycles. The second kappa shape index (κ2) is 5.80. The third-order valence-corrected chi connectivity index (χ3v) is 3.34. The molecule has 0 unspecified atom stereocenters. The van der Waals surface area contributed by atoms with Crippen molar-refractivity contribution in [3.63, 3.8) is 0 Å². The van der Waals surface area contributed by atoms with E-state index >= 15 is 0 Å². The molecule has 0 atom stereocenters. The Morgan fingerprint density at radius 1 is 1.24 bits per heavy atom. The van der Waals surface area contributed by atoms with Crippen LogP contribution in [-0.2, 0) is 0 Å². The summed E-state index contributed by atoms with van der Waals surface area (Å²) in [4.78, 5) is 4.09. The number of aryl methyl sites for hydroxylation is 1.